The van der Waals surface area contributed by atoms with Crippen molar-refractivity contribution in [1.29, 1.82) is 0 Å². The second-order valence-electron chi connectivity index (χ2n) is 16.2. The van der Waals surface area contributed by atoms with E-state index in [0.717, 1.165) is 41.6 Å². The number of rotatable bonds is 20. The van der Waals surface area contributed by atoms with Crippen molar-refractivity contribution in [3.8, 4) is 45.1 Å². The van der Waals surface area contributed by atoms with E-state index in [1.165, 1.54) is 21.3 Å². The maximum absolute atomic E-state index is 13.9. The molecule has 2 aromatic heterocycles. The first-order valence-corrected chi connectivity index (χ1v) is 21.9. The Morgan fingerprint density at radius 1 is 0.646 bits per heavy atom. The van der Waals surface area contributed by atoms with Gasteiger partial charge in [-0.05, 0) is 61.8 Å². The SMILES string of the molecule is COCCOc1c(-c2ccc(-c3cnc([C@@H]4CCCN4C(=O)[C@@H](NC(=O)OC)C(C)C)[nH]3)cc2)ccc(-c2cnc([C@@H]3CCCN3C(=O)[C@@H](NC(=O)OC)[C@@H](C)OC)[nH]2)c1OCCOC. The van der Waals surface area contributed by atoms with E-state index in [-0.39, 0.29) is 43.0 Å². The lowest BCUT2D eigenvalue weighted by Crippen LogP contribution is -2.54. The molecule has 0 bridgehead atoms. The van der Waals surface area contributed by atoms with E-state index in [1.807, 2.05) is 50.2 Å². The number of alkyl carbamates (subject to hydrolysis) is 2. The minimum absolute atomic E-state index is 0.141. The quantitative estimate of drug-likeness (QED) is 0.0789. The zero-order chi connectivity index (χ0) is 46.6. The lowest BCUT2D eigenvalue weighted by molar-refractivity contribution is -0.137. The molecule has 19 heteroatoms. The van der Waals surface area contributed by atoms with Gasteiger partial charge in [0.2, 0.25) is 11.8 Å². The number of ether oxygens (including phenoxy) is 7. The van der Waals surface area contributed by atoms with Crippen molar-refractivity contribution in [2.24, 2.45) is 5.92 Å². The summed E-state index contributed by atoms with van der Waals surface area (Å²) in [5.41, 5.74) is 4.65. The number of likely N-dealkylation sites (tertiary alicyclic amines) is 2. The monoisotopic (exact) mass is 902 g/mol. The van der Waals surface area contributed by atoms with Gasteiger partial charge in [0.1, 0.15) is 36.9 Å². The highest BCUT2D eigenvalue weighted by Gasteiger charge is 2.40. The molecule has 65 heavy (non-hydrogen) atoms. The van der Waals surface area contributed by atoms with Crippen LogP contribution in [0.1, 0.15) is 70.2 Å². The molecule has 2 aromatic carbocycles. The summed E-state index contributed by atoms with van der Waals surface area (Å²) in [5, 5.41) is 5.32. The molecule has 4 aromatic rings. The molecule has 2 aliphatic heterocycles. The van der Waals surface area contributed by atoms with Gasteiger partial charge in [0.05, 0.1) is 69.4 Å². The Morgan fingerprint density at radius 2 is 1.12 bits per heavy atom. The van der Waals surface area contributed by atoms with Crippen LogP contribution in [0.15, 0.2) is 48.8 Å². The molecule has 2 aliphatic rings. The topological polar surface area (TPSA) is 221 Å². The number of imidazole rings is 2. The number of carbonyl (C=O) groups is 4. The Morgan fingerprint density at radius 3 is 1.65 bits per heavy atom. The van der Waals surface area contributed by atoms with Gasteiger partial charge in [0.25, 0.3) is 0 Å². The summed E-state index contributed by atoms with van der Waals surface area (Å²) in [6.45, 7) is 7.66. The summed E-state index contributed by atoms with van der Waals surface area (Å²) >= 11 is 0. The number of methoxy groups -OCH3 is 5. The fraction of sp³-hybridized carbons (Fsp3) is 0.522. The molecule has 0 unspecified atom stereocenters. The molecule has 4 heterocycles. The summed E-state index contributed by atoms with van der Waals surface area (Å²) in [7, 11) is 7.22. The fourth-order valence-electron chi connectivity index (χ4n) is 8.26. The average Bonchev–Trinajstić information content (AvgIpc) is 4.17. The average molecular weight is 903 g/mol. The van der Waals surface area contributed by atoms with E-state index in [2.05, 4.69) is 20.6 Å². The Kier molecular flexibility index (Phi) is 16.8. The van der Waals surface area contributed by atoms with Crippen LogP contribution in [0.5, 0.6) is 11.5 Å². The number of benzene rings is 2. The third-order valence-corrected chi connectivity index (χ3v) is 11.8. The van der Waals surface area contributed by atoms with Crippen molar-refractivity contribution in [3.05, 3.63) is 60.4 Å². The maximum atomic E-state index is 13.9. The second kappa shape index (κ2) is 22.6. The van der Waals surface area contributed by atoms with Gasteiger partial charge >= 0.3 is 12.2 Å². The predicted molar refractivity (Wildman–Crippen MR) is 239 cm³/mol. The van der Waals surface area contributed by atoms with Crippen LogP contribution in [-0.4, -0.2) is 147 Å². The van der Waals surface area contributed by atoms with E-state index in [0.29, 0.717) is 67.1 Å². The van der Waals surface area contributed by atoms with Crippen molar-refractivity contribution in [2.75, 3.05) is 75.1 Å². The van der Waals surface area contributed by atoms with E-state index in [9.17, 15) is 19.2 Å². The molecule has 0 saturated carbocycles. The molecule has 0 radical (unpaired) electrons. The summed E-state index contributed by atoms with van der Waals surface area (Å²) in [4.78, 5) is 71.7. The lowest BCUT2D eigenvalue weighted by Gasteiger charge is -2.30. The van der Waals surface area contributed by atoms with Crippen molar-refractivity contribution >= 4 is 24.0 Å². The van der Waals surface area contributed by atoms with Gasteiger partial charge in [-0.25, -0.2) is 19.6 Å². The first-order valence-electron chi connectivity index (χ1n) is 21.9. The molecule has 352 valence electrons. The van der Waals surface area contributed by atoms with Crippen LogP contribution < -0.4 is 20.1 Å². The third kappa shape index (κ3) is 11.2. The Bertz CT molecular complexity index is 2230. The van der Waals surface area contributed by atoms with Crippen LogP contribution in [0, 0.1) is 5.92 Å². The summed E-state index contributed by atoms with van der Waals surface area (Å²) in [6, 6.07) is 9.55. The van der Waals surface area contributed by atoms with Crippen LogP contribution >= 0.6 is 0 Å². The van der Waals surface area contributed by atoms with Gasteiger partial charge in [0, 0.05) is 45.5 Å². The minimum atomic E-state index is -0.962. The highest BCUT2D eigenvalue weighted by atomic mass is 16.6. The van der Waals surface area contributed by atoms with E-state index in [4.69, 9.17) is 43.1 Å². The maximum Gasteiger partial charge on any atom is 0.407 e. The molecule has 5 atom stereocenters. The second-order valence-corrected chi connectivity index (χ2v) is 16.2. The van der Waals surface area contributed by atoms with Gasteiger partial charge in [-0.1, -0.05) is 38.1 Å². The summed E-state index contributed by atoms with van der Waals surface area (Å²) in [5.74, 6) is 1.61. The number of H-pyrrole nitrogens is 2. The number of amides is 4. The van der Waals surface area contributed by atoms with Crippen molar-refractivity contribution < 1.29 is 52.3 Å². The number of aromatic amines is 2. The normalized spacial score (nSPS) is 17.4. The van der Waals surface area contributed by atoms with Crippen LogP contribution in [0.25, 0.3) is 33.6 Å². The Balaban J connectivity index is 1.28. The first kappa shape index (κ1) is 48.3. The molecular weight excluding hydrogens is 841 g/mol. The van der Waals surface area contributed by atoms with E-state index < -0.39 is 30.4 Å². The summed E-state index contributed by atoms with van der Waals surface area (Å²) < 4.78 is 38.6. The third-order valence-electron chi connectivity index (χ3n) is 11.8. The van der Waals surface area contributed by atoms with E-state index >= 15 is 0 Å². The Labute approximate surface area is 379 Å². The highest BCUT2D eigenvalue weighted by Crippen LogP contribution is 2.46. The molecule has 4 amide bonds. The van der Waals surface area contributed by atoms with Gasteiger partial charge in [-0.2, -0.15) is 0 Å². The number of carbonyl (C=O) groups excluding carboxylic acids is 4. The number of hydrogen-bond donors (Lipinski definition) is 4. The highest BCUT2D eigenvalue weighted by molar-refractivity contribution is 5.88. The van der Waals surface area contributed by atoms with Gasteiger partial charge in [-0.15, -0.1) is 0 Å². The predicted octanol–water partition coefficient (Wildman–Crippen LogP) is 5.65. The Hall–Kier alpha value is -6.18. The smallest absolute Gasteiger partial charge is 0.407 e. The first-order chi connectivity index (χ1) is 31.4. The van der Waals surface area contributed by atoms with Crippen LogP contribution in [0.3, 0.4) is 0 Å². The molecule has 0 spiro atoms. The molecule has 2 saturated heterocycles. The van der Waals surface area contributed by atoms with Gasteiger partial charge in [-0.3, -0.25) is 9.59 Å². The lowest BCUT2D eigenvalue weighted by atomic mass is 9.98. The van der Waals surface area contributed by atoms with Crippen molar-refractivity contribution in [1.82, 2.24) is 40.4 Å². The zero-order valence-corrected chi connectivity index (χ0v) is 38.4. The molecule has 4 N–H and O–H groups in total. The van der Waals surface area contributed by atoms with Crippen LogP contribution in [0.4, 0.5) is 9.59 Å². The fourth-order valence-corrected chi connectivity index (χ4v) is 8.26. The van der Waals surface area contributed by atoms with Gasteiger partial charge < -0.3 is 63.6 Å². The molecule has 19 nitrogen and oxygen atoms in total. The van der Waals surface area contributed by atoms with E-state index in [1.54, 1.807) is 43.3 Å². The minimum Gasteiger partial charge on any atom is -0.487 e. The number of aromatic nitrogens is 4. The largest absolute Gasteiger partial charge is 0.487 e. The molecule has 2 fully saturated rings. The molecular formula is C46H62N8O11. The van der Waals surface area contributed by atoms with Crippen LogP contribution in [-0.2, 0) is 33.3 Å². The molecule has 6 rings (SSSR count). The summed E-state index contributed by atoms with van der Waals surface area (Å²) in [6.07, 6.45) is 4.45. The zero-order valence-electron chi connectivity index (χ0n) is 38.4. The van der Waals surface area contributed by atoms with Crippen LogP contribution in [0.2, 0.25) is 0 Å². The number of hydrogen-bond acceptors (Lipinski definition) is 13. The van der Waals surface area contributed by atoms with Crippen molar-refractivity contribution in [2.45, 2.75) is 76.7 Å². The standard InChI is InChI=1S/C46H62N8O11/c1-27(2)37(51-45(57)62-7)43(55)53-19-9-11-35(53)41-47-25-33(49-41)30-15-13-29(14-16-30)31-17-18-32(40(65-24-22-60-5)39(31)64-23-21-59-4)34-26-48-42(50-34)36-12-10-20-54(36)44(56)38(28(3)61-6)52-46(58)63-8/h13-18,25-28,35-38H,9-12,19-24H2,1-8H3,(H,47,49)(H,48,50)(H,51,57)(H,52,58)/t28-,35+,36+,37+,38+/m1/s1. The van der Waals surface area contributed by atoms with Gasteiger partial charge in [0.15, 0.2) is 11.5 Å². The number of nitrogens with one attached hydrogen (secondary N) is 4. The van der Waals surface area contributed by atoms with Crippen molar-refractivity contribution in [3.63, 3.8) is 0 Å². The number of nitrogens with zero attached hydrogens (tertiary/aromatic N) is 4. The molecule has 0 aliphatic carbocycles.